The van der Waals surface area contributed by atoms with Gasteiger partial charge < -0.3 is 26.0 Å². The summed E-state index contributed by atoms with van der Waals surface area (Å²) >= 11 is 15.1. The fourth-order valence-electron chi connectivity index (χ4n) is 6.65. The summed E-state index contributed by atoms with van der Waals surface area (Å²) in [5, 5.41) is 22.2. The number of nitrogens with one attached hydrogen (secondary N) is 1. The highest BCUT2D eigenvalue weighted by atomic mass is 35.5. The van der Waals surface area contributed by atoms with Crippen LogP contribution >= 0.6 is 46.3 Å². The van der Waals surface area contributed by atoms with Crippen LogP contribution in [0.5, 0.6) is 0 Å². The number of carboxylic acid groups (broad SMARTS) is 1. The second-order valence-electron chi connectivity index (χ2n) is 12.6. The van der Waals surface area contributed by atoms with Crippen LogP contribution in [0.15, 0.2) is 40.8 Å². The van der Waals surface area contributed by atoms with E-state index in [9.17, 15) is 19.5 Å². The fraction of sp³-hybridized carbons (Fsp3) is 0.406. The van der Waals surface area contributed by atoms with Crippen molar-refractivity contribution in [2.75, 3.05) is 30.0 Å². The van der Waals surface area contributed by atoms with Crippen molar-refractivity contribution < 1.29 is 33.4 Å². The molecule has 0 unspecified atom stereocenters. The molecule has 5 heterocycles. The number of halogens is 3. The van der Waals surface area contributed by atoms with Crippen LogP contribution in [-0.2, 0) is 38.9 Å². The number of fused-ring (bicyclic) bond motifs is 2. The van der Waals surface area contributed by atoms with Crippen molar-refractivity contribution in [2.24, 2.45) is 17.0 Å². The molecule has 1 saturated heterocycles. The number of thioether (sulfide) groups is 1. The number of Topliss-reactive ketones (excluding diaryl/α,β-unsaturated/α-hetero) is 1. The van der Waals surface area contributed by atoms with E-state index < -0.39 is 34.8 Å². The minimum absolute atomic E-state index is 0.0661. The molecule has 3 aliphatic heterocycles. The summed E-state index contributed by atoms with van der Waals surface area (Å²) in [5.41, 5.74) is 7.35. The number of amides is 1. The number of rotatable bonds is 13. The molecule has 7 rings (SSSR count). The van der Waals surface area contributed by atoms with Crippen LogP contribution in [-0.4, -0.2) is 73.5 Å². The summed E-state index contributed by atoms with van der Waals surface area (Å²) in [6.07, 6.45) is 4.43. The van der Waals surface area contributed by atoms with Crippen molar-refractivity contribution in [3.63, 3.8) is 0 Å². The Balaban J connectivity index is 1.05. The van der Waals surface area contributed by atoms with Gasteiger partial charge in [-0.05, 0) is 42.9 Å². The Morgan fingerprint density at radius 2 is 2.04 bits per heavy atom. The average Bonchev–Trinajstić information content (AvgIpc) is 3.51. The molecule has 50 heavy (non-hydrogen) atoms. The number of nitrogens with zero attached hydrogens (tertiary/aromatic N) is 6. The summed E-state index contributed by atoms with van der Waals surface area (Å²) in [7, 11) is 1.27. The normalized spacial score (nSPS) is 20.2. The van der Waals surface area contributed by atoms with E-state index in [0.29, 0.717) is 53.6 Å². The Labute approximate surface area is 303 Å². The highest BCUT2D eigenvalue weighted by Gasteiger charge is 2.54. The summed E-state index contributed by atoms with van der Waals surface area (Å²) in [5.74, 6) is -1.81. The predicted molar refractivity (Wildman–Crippen MR) is 187 cm³/mol. The number of aliphatic carboxylic acids is 1. The van der Waals surface area contributed by atoms with E-state index in [2.05, 4.69) is 10.1 Å². The van der Waals surface area contributed by atoms with Crippen LogP contribution in [0.3, 0.4) is 0 Å². The summed E-state index contributed by atoms with van der Waals surface area (Å²) in [4.78, 5) is 51.4. The van der Waals surface area contributed by atoms with Gasteiger partial charge in [-0.2, -0.15) is 0 Å². The van der Waals surface area contributed by atoms with Crippen molar-refractivity contribution in [3.05, 3.63) is 67.7 Å². The Kier molecular flexibility index (Phi) is 9.39. The molecular formula is C32H32Cl2FN8O5S2+. The van der Waals surface area contributed by atoms with Crippen molar-refractivity contribution in [3.8, 4) is 0 Å². The lowest BCUT2D eigenvalue weighted by Crippen LogP contribution is -2.62. The molecule has 262 valence electrons. The number of oxime groups is 1. The zero-order valence-corrected chi connectivity index (χ0v) is 29.8. The number of benzene rings is 1. The molecular weight excluding hydrogens is 730 g/mol. The second kappa shape index (κ2) is 13.6. The van der Waals surface area contributed by atoms with Gasteiger partial charge in [-0.3, -0.25) is 14.5 Å². The van der Waals surface area contributed by atoms with E-state index in [1.165, 1.54) is 29.8 Å². The third-order valence-electron chi connectivity index (χ3n) is 9.30. The van der Waals surface area contributed by atoms with Crippen LogP contribution in [0.25, 0.3) is 0 Å². The van der Waals surface area contributed by atoms with Gasteiger partial charge in [0.25, 0.3) is 0 Å². The number of carboxylic acids is 1. The zero-order chi connectivity index (χ0) is 35.4. The van der Waals surface area contributed by atoms with Crippen molar-refractivity contribution >= 4 is 86.3 Å². The van der Waals surface area contributed by atoms with Crippen LogP contribution in [0.1, 0.15) is 42.5 Å². The zero-order valence-electron chi connectivity index (χ0n) is 26.7. The number of β-lactam (4-membered cyclic amide) rings is 1. The maximum Gasteiger partial charge on any atom is 0.352 e. The molecule has 18 heteroatoms. The number of carbonyl (C=O) groups excluding carboxylic acids is 2. The molecule has 2 fully saturated rings. The van der Waals surface area contributed by atoms with Gasteiger partial charge in [0.2, 0.25) is 5.91 Å². The van der Waals surface area contributed by atoms with Gasteiger partial charge in [-0.25, -0.2) is 14.2 Å². The predicted octanol–water partition coefficient (Wildman–Crippen LogP) is 4.33. The molecule has 4 aliphatic rings. The number of nitrogen functional groups attached to an aromatic ring is 1. The Morgan fingerprint density at radius 1 is 1.26 bits per heavy atom. The molecule has 4 N–H and O–H groups in total. The van der Waals surface area contributed by atoms with E-state index in [1.807, 2.05) is 26.5 Å². The average molecular weight is 763 g/mol. The molecule has 1 aliphatic carbocycles. The third kappa shape index (κ3) is 6.37. The molecule has 0 bridgehead atoms. The number of ketones is 1. The third-order valence-corrected chi connectivity index (χ3v) is 12.1. The van der Waals surface area contributed by atoms with Crippen molar-refractivity contribution in [2.45, 2.75) is 50.7 Å². The van der Waals surface area contributed by atoms with Gasteiger partial charge in [0.15, 0.2) is 35.2 Å². The minimum atomic E-state index is -1.23. The van der Waals surface area contributed by atoms with Gasteiger partial charge in [0.1, 0.15) is 28.7 Å². The first kappa shape index (κ1) is 34.5. The lowest BCUT2D eigenvalue weighted by Gasteiger charge is -2.49. The first-order valence-electron chi connectivity index (χ1n) is 15.8. The molecule has 2 aromatic heterocycles. The van der Waals surface area contributed by atoms with Gasteiger partial charge in [-0.1, -0.05) is 39.7 Å². The molecule has 1 saturated carbocycles. The SMILES string of the molecule is CO/N=C(\C(=O)C[C@@H]1C(=O)N2C(C(=O)O)=C(C[n+]3ccc4n3CCN4Cc3c(F)cc(C(=N)CC4CC4)cc3Cl)CS[C@H]12)c1nc(N)sc1Cl. The number of carbonyl (C=O) groups is 3. The number of aromatic nitrogens is 3. The number of thiazole rings is 1. The second-order valence-corrected chi connectivity index (χ2v) is 15.7. The van der Waals surface area contributed by atoms with Crippen LogP contribution < -0.4 is 15.3 Å². The first-order valence-corrected chi connectivity index (χ1v) is 18.4. The number of hydrogen-bond acceptors (Lipinski definition) is 11. The van der Waals surface area contributed by atoms with Crippen LogP contribution in [0, 0.1) is 23.1 Å². The van der Waals surface area contributed by atoms with E-state index in [0.717, 1.165) is 30.0 Å². The van der Waals surface area contributed by atoms with E-state index in [4.69, 9.17) is 39.2 Å². The van der Waals surface area contributed by atoms with Gasteiger partial charge in [-0.15, -0.1) is 21.1 Å². The van der Waals surface area contributed by atoms with E-state index >= 15 is 4.39 Å². The number of nitrogens with two attached hydrogens (primary N) is 1. The summed E-state index contributed by atoms with van der Waals surface area (Å²) < 4.78 is 19.3. The highest BCUT2D eigenvalue weighted by molar-refractivity contribution is 8.00. The molecule has 2 atom stereocenters. The molecule has 13 nitrogen and oxygen atoms in total. The highest BCUT2D eigenvalue weighted by Crippen LogP contribution is 2.45. The van der Waals surface area contributed by atoms with Gasteiger partial charge in [0, 0.05) is 47.1 Å². The van der Waals surface area contributed by atoms with E-state index in [1.54, 1.807) is 6.07 Å². The Hall–Kier alpha value is -3.99. The monoisotopic (exact) mass is 761 g/mol. The van der Waals surface area contributed by atoms with Crippen LogP contribution in [0.4, 0.5) is 15.3 Å². The van der Waals surface area contributed by atoms with Gasteiger partial charge >= 0.3 is 5.97 Å². The molecule has 0 spiro atoms. The Morgan fingerprint density at radius 3 is 2.70 bits per heavy atom. The molecule has 1 aromatic carbocycles. The topological polar surface area (TPSA) is 171 Å². The molecule has 0 radical (unpaired) electrons. The quantitative estimate of drug-likeness (QED) is 0.0993. The molecule has 1 amide bonds. The van der Waals surface area contributed by atoms with Gasteiger partial charge in [0.05, 0.1) is 23.9 Å². The summed E-state index contributed by atoms with van der Waals surface area (Å²) in [6, 6.07) is 4.95. The maximum atomic E-state index is 15.3. The first-order chi connectivity index (χ1) is 23.9. The smallest absolute Gasteiger partial charge is 0.352 e. The lowest BCUT2D eigenvalue weighted by atomic mass is 9.89. The largest absolute Gasteiger partial charge is 0.477 e. The lowest BCUT2D eigenvalue weighted by molar-refractivity contribution is -0.766. The van der Waals surface area contributed by atoms with Crippen molar-refractivity contribution in [1.29, 1.82) is 5.41 Å². The Bertz CT molecular complexity index is 1990. The minimum Gasteiger partial charge on any atom is -0.477 e. The summed E-state index contributed by atoms with van der Waals surface area (Å²) in [6.45, 7) is 1.60. The van der Waals surface area contributed by atoms with Crippen molar-refractivity contribution in [1.82, 2.24) is 14.6 Å². The van der Waals surface area contributed by atoms with E-state index in [-0.39, 0.29) is 51.1 Å². The van der Waals surface area contributed by atoms with Crippen LogP contribution in [0.2, 0.25) is 9.36 Å². The standard InChI is InChI=1S/C32H31Cl2FN8O5S2/c1-48-39-25(26-28(34)50-32(37)38-26)23(44)11-18-29(45)43-27(31(46)47)17(14-49-30(18)43)12-41-5-4-24-40(6-7-42(24)41)13-19-20(33)9-16(10-21(19)35)22(36)8-15-2-3-15/h4-5,9-10,15,18,30,36H,2-3,6-8,11-14H2,1H3,(H2-,37,38,46,47)/p+1/b36-22?,39-25+/t18-,30-/m1/s1. The fourth-order valence-corrected chi connectivity index (χ4v) is 9.25. The maximum absolute atomic E-state index is 15.3. The molecule has 3 aromatic rings. The number of hydrogen-bond donors (Lipinski definition) is 3. The number of anilines is 2.